The van der Waals surface area contributed by atoms with Crippen LogP contribution in [-0.4, -0.2) is 12.6 Å². The summed E-state index contributed by atoms with van der Waals surface area (Å²) in [5.41, 5.74) is 0.161. The highest BCUT2D eigenvalue weighted by atomic mass is 16.5. The molecule has 1 unspecified atom stereocenters. The molecule has 2 aromatic rings. The van der Waals surface area contributed by atoms with E-state index >= 15 is 0 Å². The highest BCUT2D eigenvalue weighted by Gasteiger charge is 2.38. The zero-order chi connectivity index (χ0) is 14.5. The maximum Gasteiger partial charge on any atom is 0.166 e. The number of rotatable bonds is 6. The fraction of sp³-hybridized carbons (Fsp3) is 0.278. The number of ether oxygens (including phenoxy) is 1. The van der Waals surface area contributed by atoms with Gasteiger partial charge in [0.2, 0.25) is 0 Å². The lowest BCUT2D eigenvalue weighted by Gasteiger charge is -2.28. The van der Waals surface area contributed by atoms with Gasteiger partial charge in [-0.05, 0) is 30.5 Å². The van der Waals surface area contributed by atoms with Crippen molar-refractivity contribution in [1.29, 1.82) is 5.26 Å². The lowest BCUT2D eigenvalue weighted by molar-refractivity contribution is 0.220. The van der Waals surface area contributed by atoms with Crippen molar-refractivity contribution in [2.24, 2.45) is 0 Å². The molecule has 2 aromatic carbocycles. The molecule has 0 amide bonds. The zero-order valence-corrected chi connectivity index (χ0v) is 11.8. The van der Waals surface area contributed by atoms with Gasteiger partial charge >= 0.3 is 0 Å². The second-order valence-corrected chi connectivity index (χ2v) is 5.40. The van der Waals surface area contributed by atoms with E-state index < -0.39 is 5.54 Å². The van der Waals surface area contributed by atoms with Crippen molar-refractivity contribution in [3.05, 3.63) is 66.2 Å². The molecule has 3 nitrogen and oxygen atoms in total. The van der Waals surface area contributed by atoms with Gasteiger partial charge in [-0.1, -0.05) is 48.5 Å². The van der Waals surface area contributed by atoms with Crippen LogP contribution in [0.2, 0.25) is 0 Å². The van der Waals surface area contributed by atoms with Crippen LogP contribution < -0.4 is 10.1 Å². The number of nitrogens with one attached hydrogen (secondary N) is 1. The molecule has 0 radical (unpaired) electrons. The molecule has 0 heterocycles. The first-order valence-electron chi connectivity index (χ1n) is 7.25. The van der Waals surface area contributed by atoms with Gasteiger partial charge < -0.3 is 4.74 Å². The van der Waals surface area contributed by atoms with Gasteiger partial charge in [0.05, 0.1) is 6.07 Å². The first-order chi connectivity index (χ1) is 10.3. The highest BCUT2D eigenvalue weighted by Crippen LogP contribution is 2.29. The molecule has 1 atom stereocenters. The van der Waals surface area contributed by atoms with Gasteiger partial charge in [-0.2, -0.15) is 5.26 Å². The van der Waals surface area contributed by atoms with E-state index in [9.17, 15) is 5.26 Å². The van der Waals surface area contributed by atoms with Crippen molar-refractivity contribution < 1.29 is 4.74 Å². The molecule has 1 aliphatic carbocycles. The molecule has 0 saturated heterocycles. The van der Waals surface area contributed by atoms with Crippen molar-refractivity contribution in [3.8, 4) is 11.8 Å². The summed E-state index contributed by atoms with van der Waals surface area (Å²) in [6, 6.07) is 22.3. The summed E-state index contributed by atoms with van der Waals surface area (Å²) in [4.78, 5) is 0. The predicted molar refractivity (Wildman–Crippen MR) is 81.8 cm³/mol. The Morgan fingerprint density at radius 3 is 2.24 bits per heavy atom. The molecule has 0 aliphatic heterocycles. The van der Waals surface area contributed by atoms with Crippen LogP contribution in [-0.2, 0) is 5.54 Å². The van der Waals surface area contributed by atoms with Crippen LogP contribution in [0.4, 0.5) is 0 Å². The molecule has 21 heavy (non-hydrogen) atoms. The number of benzene rings is 2. The van der Waals surface area contributed by atoms with Crippen LogP contribution in [0.15, 0.2) is 60.7 Å². The van der Waals surface area contributed by atoms with Crippen molar-refractivity contribution in [3.63, 3.8) is 0 Å². The Hall–Kier alpha value is -2.31. The molecule has 3 heteroatoms. The smallest absolute Gasteiger partial charge is 0.166 e. The van der Waals surface area contributed by atoms with Gasteiger partial charge in [0, 0.05) is 6.04 Å². The summed E-state index contributed by atoms with van der Waals surface area (Å²) < 4.78 is 5.86. The van der Waals surface area contributed by atoms with E-state index in [0.29, 0.717) is 12.6 Å². The average Bonchev–Trinajstić information content (AvgIpc) is 3.37. The van der Waals surface area contributed by atoms with Gasteiger partial charge in [0.1, 0.15) is 12.4 Å². The van der Waals surface area contributed by atoms with Crippen LogP contribution in [0.5, 0.6) is 5.75 Å². The van der Waals surface area contributed by atoms with Crippen molar-refractivity contribution >= 4 is 0 Å². The minimum atomic E-state index is -0.793. The normalized spacial score (nSPS) is 16.7. The van der Waals surface area contributed by atoms with E-state index in [2.05, 4.69) is 11.4 Å². The van der Waals surface area contributed by atoms with Crippen LogP contribution >= 0.6 is 0 Å². The number of nitrogens with zero attached hydrogens (tertiary/aromatic N) is 1. The van der Waals surface area contributed by atoms with E-state index in [1.165, 1.54) is 0 Å². The predicted octanol–water partition coefficient (Wildman–Crippen LogP) is 3.24. The Bertz CT molecular complexity index is 617. The van der Waals surface area contributed by atoms with Crippen LogP contribution in [0, 0.1) is 11.3 Å². The summed E-state index contributed by atoms with van der Waals surface area (Å²) in [6.07, 6.45) is 2.25. The third-order valence-corrected chi connectivity index (χ3v) is 3.68. The van der Waals surface area contributed by atoms with E-state index in [0.717, 1.165) is 24.2 Å². The topological polar surface area (TPSA) is 45.0 Å². The lowest BCUT2D eigenvalue weighted by atomic mass is 9.92. The second kappa shape index (κ2) is 5.99. The number of hydrogen-bond donors (Lipinski definition) is 1. The SMILES string of the molecule is N#CC(COc1ccccc1)(NC1CC1)c1ccccc1. The Balaban J connectivity index is 1.83. The quantitative estimate of drug-likeness (QED) is 0.882. The molecule has 0 bridgehead atoms. The summed E-state index contributed by atoms with van der Waals surface area (Å²) in [6.45, 7) is 0.300. The largest absolute Gasteiger partial charge is 0.490 e. The van der Waals surface area contributed by atoms with Crippen LogP contribution in [0.1, 0.15) is 18.4 Å². The fourth-order valence-electron chi connectivity index (χ4n) is 2.34. The summed E-state index contributed by atoms with van der Waals surface area (Å²) in [5.74, 6) is 0.783. The average molecular weight is 278 g/mol. The van der Waals surface area contributed by atoms with Crippen LogP contribution in [0.3, 0.4) is 0 Å². The molecule has 1 aliphatic rings. The lowest BCUT2D eigenvalue weighted by Crippen LogP contribution is -2.47. The van der Waals surface area contributed by atoms with Gasteiger partial charge in [0.15, 0.2) is 5.54 Å². The molecular weight excluding hydrogens is 260 g/mol. The molecular formula is C18H18N2O. The Morgan fingerprint density at radius 1 is 1.05 bits per heavy atom. The molecule has 1 saturated carbocycles. The minimum Gasteiger partial charge on any atom is -0.490 e. The molecule has 0 aromatic heterocycles. The third kappa shape index (κ3) is 3.24. The first kappa shape index (κ1) is 13.7. The molecule has 1 fully saturated rings. The van der Waals surface area contributed by atoms with E-state index in [1.54, 1.807) is 0 Å². The Morgan fingerprint density at radius 2 is 1.67 bits per heavy atom. The van der Waals surface area contributed by atoms with Crippen molar-refractivity contribution in [2.45, 2.75) is 24.4 Å². The Labute approximate surface area is 125 Å². The fourth-order valence-corrected chi connectivity index (χ4v) is 2.34. The summed E-state index contributed by atoms with van der Waals surface area (Å²) in [7, 11) is 0. The third-order valence-electron chi connectivity index (χ3n) is 3.68. The minimum absolute atomic E-state index is 0.300. The summed E-state index contributed by atoms with van der Waals surface area (Å²) >= 11 is 0. The van der Waals surface area contributed by atoms with Crippen molar-refractivity contribution in [2.75, 3.05) is 6.61 Å². The molecule has 3 rings (SSSR count). The molecule has 106 valence electrons. The molecule has 0 spiro atoms. The first-order valence-corrected chi connectivity index (χ1v) is 7.25. The second-order valence-electron chi connectivity index (χ2n) is 5.40. The Kier molecular flexibility index (Phi) is 3.89. The number of nitriles is 1. The van der Waals surface area contributed by atoms with E-state index in [-0.39, 0.29) is 0 Å². The van der Waals surface area contributed by atoms with E-state index in [1.807, 2.05) is 60.7 Å². The maximum absolute atomic E-state index is 9.79. The standard InChI is InChI=1S/C18H18N2O/c19-13-18(20-16-11-12-16,15-7-3-1-4-8-15)14-21-17-9-5-2-6-10-17/h1-10,16,20H,11-12,14H2. The van der Waals surface area contributed by atoms with Crippen LogP contribution in [0.25, 0.3) is 0 Å². The van der Waals surface area contributed by atoms with Gasteiger partial charge in [0.25, 0.3) is 0 Å². The van der Waals surface area contributed by atoms with Crippen molar-refractivity contribution in [1.82, 2.24) is 5.32 Å². The molecule has 1 N–H and O–H groups in total. The zero-order valence-electron chi connectivity index (χ0n) is 11.8. The summed E-state index contributed by atoms with van der Waals surface area (Å²) in [5, 5.41) is 13.2. The van der Waals surface area contributed by atoms with Gasteiger partial charge in [-0.25, -0.2) is 0 Å². The number of hydrogen-bond acceptors (Lipinski definition) is 3. The van der Waals surface area contributed by atoms with E-state index in [4.69, 9.17) is 4.74 Å². The number of para-hydroxylation sites is 1. The highest BCUT2D eigenvalue weighted by molar-refractivity contribution is 5.33. The maximum atomic E-state index is 9.79. The van der Waals surface area contributed by atoms with Gasteiger partial charge in [-0.3, -0.25) is 5.32 Å². The van der Waals surface area contributed by atoms with Gasteiger partial charge in [-0.15, -0.1) is 0 Å². The monoisotopic (exact) mass is 278 g/mol.